The molecule has 168 valence electrons. The van der Waals surface area contributed by atoms with Gasteiger partial charge in [0.05, 0.1) is 18.7 Å². The van der Waals surface area contributed by atoms with E-state index in [2.05, 4.69) is 25.8 Å². The van der Waals surface area contributed by atoms with E-state index in [9.17, 15) is 18.0 Å². The van der Waals surface area contributed by atoms with Gasteiger partial charge in [0.1, 0.15) is 12.4 Å². The predicted octanol–water partition coefficient (Wildman–Crippen LogP) is 1.85. The largest absolute Gasteiger partial charge is 0.491 e. The lowest BCUT2D eigenvalue weighted by Gasteiger charge is -2.32. The number of para-hydroxylation sites is 1. The molecule has 1 heterocycles. The third-order valence-corrected chi connectivity index (χ3v) is 4.73. The standard InChI is InChI=1S/C20H30F3N5O2/c1-3-25-19(27-15-8-11-28(12-9-15)14-18(29)24-2)26-10-13-30-17-7-5-4-6-16(17)20(21,22)23/h4-7,15H,3,8-14H2,1-2H3,(H,24,29)(H2,25,26,27). The van der Waals surface area contributed by atoms with Crippen LogP contribution in [0.4, 0.5) is 13.2 Å². The molecule has 1 aromatic rings. The number of ether oxygens (including phenoxy) is 1. The third kappa shape index (κ3) is 7.74. The molecule has 1 aliphatic rings. The summed E-state index contributed by atoms with van der Waals surface area (Å²) in [6.07, 6.45) is -2.71. The van der Waals surface area contributed by atoms with Crippen LogP contribution in [-0.2, 0) is 11.0 Å². The van der Waals surface area contributed by atoms with E-state index in [0.29, 0.717) is 19.0 Å². The number of piperidine rings is 1. The first-order chi connectivity index (χ1) is 14.3. The number of likely N-dealkylation sites (tertiary alicyclic amines) is 1. The summed E-state index contributed by atoms with van der Waals surface area (Å²) >= 11 is 0. The van der Waals surface area contributed by atoms with Crippen molar-refractivity contribution in [1.82, 2.24) is 20.9 Å². The molecular formula is C20H30F3N5O2. The van der Waals surface area contributed by atoms with E-state index in [1.165, 1.54) is 18.2 Å². The van der Waals surface area contributed by atoms with Gasteiger partial charge in [-0.3, -0.25) is 9.69 Å². The Kier molecular flexibility index (Phi) is 9.22. The lowest BCUT2D eigenvalue weighted by molar-refractivity contribution is -0.139. The van der Waals surface area contributed by atoms with E-state index in [-0.39, 0.29) is 30.9 Å². The second kappa shape index (κ2) is 11.6. The SMILES string of the molecule is CCNC(=NCCOc1ccccc1C(F)(F)F)NC1CCN(CC(=O)NC)CC1. The van der Waals surface area contributed by atoms with E-state index < -0.39 is 11.7 Å². The minimum absolute atomic E-state index is 0.00315. The number of likely N-dealkylation sites (N-methyl/N-ethyl adjacent to an activating group) is 1. The molecule has 1 amide bonds. The van der Waals surface area contributed by atoms with Crippen LogP contribution in [0.25, 0.3) is 0 Å². The van der Waals surface area contributed by atoms with Gasteiger partial charge in [-0.05, 0) is 31.9 Å². The molecule has 0 aromatic heterocycles. The lowest BCUT2D eigenvalue weighted by atomic mass is 10.1. The molecule has 2 rings (SSSR count). The Morgan fingerprint density at radius 1 is 1.27 bits per heavy atom. The van der Waals surface area contributed by atoms with Gasteiger partial charge in [-0.15, -0.1) is 0 Å². The van der Waals surface area contributed by atoms with Crippen molar-refractivity contribution < 1.29 is 22.7 Å². The first kappa shape index (κ1) is 23.8. The van der Waals surface area contributed by atoms with Crippen molar-refractivity contribution in [3.63, 3.8) is 0 Å². The van der Waals surface area contributed by atoms with Crippen molar-refractivity contribution >= 4 is 11.9 Å². The van der Waals surface area contributed by atoms with E-state index in [1.54, 1.807) is 7.05 Å². The number of hydrogen-bond acceptors (Lipinski definition) is 4. The summed E-state index contributed by atoms with van der Waals surface area (Å²) in [7, 11) is 1.63. The maximum Gasteiger partial charge on any atom is 0.419 e. The van der Waals surface area contributed by atoms with E-state index in [0.717, 1.165) is 32.0 Å². The first-order valence-corrected chi connectivity index (χ1v) is 10.1. The average molecular weight is 429 g/mol. The summed E-state index contributed by atoms with van der Waals surface area (Å²) in [5, 5.41) is 9.12. The fourth-order valence-electron chi connectivity index (χ4n) is 3.17. The van der Waals surface area contributed by atoms with E-state index in [4.69, 9.17) is 4.74 Å². The van der Waals surface area contributed by atoms with Gasteiger partial charge in [0.25, 0.3) is 0 Å². The minimum Gasteiger partial charge on any atom is -0.491 e. The Morgan fingerprint density at radius 2 is 1.97 bits per heavy atom. The topological polar surface area (TPSA) is 78.0 Å². The van der Waals surface area contributed by atoms with Crippen LogP contribution >= 0.6 is 0 Å². The molecule has 30 heavy (non-hydrogen) atoms. The highest BCUT2D eigenvalue weighted by molar-refractivity contribution is 5.80. The number of carbonyl (C=O) groups is 1. The van der Waals surface area contributed by atoms with Crippen LogP contribution in [0.3, 0.4) is 0 Å². The predicted molar refractivity (Wildman–Crippen MR) is 110 cm³/mol. The smallest absolute Gasteiger partial charge is 0.419 e. The number of alkyl halides is 3. The maximum absolute atomic E-state index is 13.0. The van der Waals surface area contributed by atoms with Crippen LogP contribution in [-0.4, -0.2) is 69.2 Å². The van der Waals surface area contributed by atoms with E-state index in [1.807, 2.05) is 6.92 Å². The number of aliphatic imine (C=N–C) groups is 1. The van der Waals surface area contributed by atoms with Crippen molar-refractivity contribution in [1.29, 1.82) is 0 Å². The summed E-state index contributed by atoms with van der Waals surface area (Å²) < 4.78 is 44.4. The Hall–Kier alpha value is -2.49. The molecule has 0 bridgehead atoms. The fourth-order valence-corrected chi connectivity index (χ4v) is 3.17. The maximum atomic E-state index is 13.0. The number of nitrogens with one attached hydrogen (secondary N) is 3. The zero-order valence-electron chi connectivity index (χ0n) is 17.4. The molecule has 7 nitrogen and oxygen atoms in total. The van der Waals surface area contributed by atoms with Crippen molar-refractivity contribution in [2.24, 2.45) is 4.99 Å². The van der Waals surface area contributed by atoms with Crippen LogP contribution in [0.2, 0.25) is 0 Å². The van der Waals surface area contributed by atoms with Crippen LogP contribution in [0.15, 0.2) is 29.3 Å². The Labute approximate surface area is 175 Å². The number of benzene rings is 1. The molecule has 1 saturated heterocycles. The molecule has 0 aliphatic carbocycles. The highest BCUT2D eigenvalue weighted by Gasteiger charge is 2.33. The van der Waals surface area contributed by atoms with Gasteiger partial charge in [0.2, 0.25) is 5.91 Å². The summed E-state index contributed by atoms with van der Waals surface area (Å²) in [6.45, 7) is 4.88. The monoisotopic (exact) mass is 429 g/mol. The number of guanidine groups is 1. The molecular weight excluding hydrogens is 399 g/mol. The van der Waals surface area contributed by atoms with Gasteiger partial charge in [-0.1, -0.05) is 12.1 Å². The molecule has 3 N–H and O–H groups in total. The molecule has 0 atom stereocenters. The van der Waals surface area contributed by atoms with Crippen molar-refractivity contribution in [2.45, 2.75) is 32.0 Å². The quantitative estimate of drug-likeness (QED) is 0.334. The Balaban J connectivity index is 1.82. The molecule has 0 unspecified atom stereocenters. The molecule has 10 heteroatoms. The first-order valence-electron chi connectivity index (χ1n) is 10.1. The third-order valence-electron chi connectivity index (χ3n) is 4.73. The number of halogens is 3. The average Bonchev–Trinajstić information content (AvgIpc) is 2.72. The summed E-state index contributed by atoms with van der Waals surface area (Å²) in [5.41, 5.74) is -0.789. The summed E-state index contributed by atoms with van der Waals surface area (Å²) in [6, 6.07) is 5.37. The second-order valence-corrected chi connectivity index (χ2v) is 6.97. The fraction of sp³-hybridized carbons (Fsp3) is 0.600. The van der Waals surface area contributed by atoms with Gasteiger partial charge < -0.3 is 20.7 Å². The number of amides is 1. The van der Waals surface area contributed by atoms with Gasteiger partial charge in [-0.2, -0.15) is 13.2 Å². The zero-order chi connectivity index (χ0) is 22.0. The molecule has 1 aliphatic heterocycles. The van der Waals surface area contributed by atoms with Gasteiger partial charge >= 0.3 is 6.18 Å². The van der Waals surface area contributed by atoms with Crippen molar-refractivity contribution in [2.75, 3.05) is 46.4 Å². The van der Waals surface area contributed by atoms with Crippen molar-refractivity contribution in [3.8, 4) is 5.75 Å². The number of hydrogen-bond donors (Lipinski definition) is 3. The highest BCUT2D eigenvalue weighted by atomic mass is 19.4. The van der Waals surface area contributed by atoms with Gasteiger partial charge in [0.15, 0.2) is 5.96 Å². The summed E-state index contributed by atoms with van der Waals surface area (Å²) in [4.78, 5) is 18.0. The zero-order valence-corrected chi connectivity index (χ0v) is 17.4. The molecule has 0 saturated carbocycles. The Morgan fingerprint density at radius 3 is 2.60 bits per heavy atom. The van der Waals surface area contributed by atoms with Crippen LogP contribution in [0, 0.1) is 0 Å². The number of carbonyl (C=O) groups excluding carboxylic acids is 1. The highest BCUT2D eigenvalue weighted by Crippen LogP contribution is 2.35. The van der Waals surface area contributed by atoms with E-state index >= 15 is 0 Å². The van der Waals surface area contributed by atoms with Gasteiger partial charge in [-0.25, -0.2) is 4.99 Å². The van der Waals surface area contributed by atoms with Gasteiger partial charge in [0, 0.05) is 32.7 Å². The van der Waals surface area contributed by atoms with Crippen molar-refractivity contribution in [3.05, 3.63) is 29.8 Å². The molecule has 1 aromatic carbocycles. The number of rotatable bonds is 8. The number of nitrogens with zero attached hydrogens (tertiary/aromatic N) is 2. The normalized spacial score (nSPS) is 16.2. The molecule has 0 radical (unpaired) electrons. The Bertz CT molecular complexity index is 704. The van der Waals surface area contributed by atoms with Crippen LogP contribution < -0.4 is 20.7 Å². The van der Waals surface area contributed by atoms with Crippen LogP contribution in [0.5, 0.6) is 5.75 Å². The minimum atomic E-state index is -4.46. The molecule has 0 spiro atoms. The second-order valence-electron chi connectivity index (χ2n) is 6.97. The lowest BCUT2D eigenvalue weighted by Crippen LogP contribution is -2.50. The summed E-state index contributed by atoms with van der Waals surface area (Å²) in [5.74, 6) is 0.417. The molecule has 1 fully saturated rings. The van der Waals surface area contributed by atoms with Crippen LogP contribution in [0.1, 0.15) is 25.3 Å².